The fraction of sp³-hybridized carbons (Fsp3) is 1.00. The number of nitrogens with two attached hydrogens (primary N) is 1. The monoisotopic (exact) mass is 612 g/mol. The van der Waals surface area contributed by atoms with E-state index in [-0.39, 0.29) is 6.42 Å². The number of rotatable bonds is 10. The molecule has 0 aromatic heterocycles. The SMILES string of the molecule is C[C@H](N)[C@H]1OC[C@@](O)(OC2C(O)[C@H](NS(C)(=O)=O)CC(N=[N+]=[N-])[C@H]2O[C@H]2OC([C@@H](C)O)[C@@H](O)C(O)C2N=[N+]=[N-])C1O. The normalized spacial score (nSPS) is 44.8. The molecule has 21 heteroatoms. The highest BCUT2D eigenvalue weighted by molar-refractivity contribution is 7.88. The molecule has 0 aromatic carbocycles. The summed E-state index contributed by atoms with van der Waals surface area (Å²) in [5, 5.41) is 71.2. The maximum absolute atomic E-state index is 12.0. The van der Waals surface area contributed by atoms with Crippen molar-refractivity contribution in [3.05, 3.63) is 20.9 Å². The molecule has 2 saturated heterocycles. The van der Waals surface area contributed by atoms with Gasteiger partial charge in [0.1, 0.15) is 43.2 Å². The lowest BCUT2D eigenvalue weighted by Crippen LogP contribution is -2.67. The summed E-state index contributed by atoms with van der Waals surface area (Å²) in [6.07, 6.45) is -15.7. The summed E-state index contributed by atoms with van der Waals surface area (Å²) < 4.78 is 48.9. The molecule has 0 aromatic rings. The molecular weight excluding hydrogens is 576 g/mol. The fourth-order valence-electron chi connectivity index (χ4n) is 5.20. The zero-order valence-electron chi connectivity index (χ0n) is 22.3. The Morgan fingerprint density at radius 1 is 1.07 bits per heavy atom. The van der Waals surface area contributed by atoms with Gasteiger partial charge in [-0.1, -0.05) is 10.2 Å². The average molecular weight is 613 g/mol. The van der Waals surface area contributed by atoms with Gasteiger partial charge in [-0.25, -0.2) is 13.1 Å². The van der Waals surface area contributed by atoms with Gasteiger partial charge in [-0.15, -0.1) is 0 Å². The number of aliphatic hydroxyl groups is 6. The molecule has 2 aliphatic heterocycles. The molecule has 0 radical (unpaired) electrons. The van der Waals surface area contributed by atoms with Gasteiger partial charge in [-0.3, -0.25) is 0 Å². The molecule has 3 rings (SSSR count). The molecule has 9 N–H and O–H groups in total. The molecule has 2 heterocycles. The average Bonchev–Trinajstić information content (AvgIpc) is 3.16. The number of nitrogens with zero attached hydrogens (tertiary/aromatic N) is 6. The maximum Gasteiger partial charge on any atom is 0.219 e. The molecule has 1 saturated carbocycles. The van der Waals surface area contributed by atoms with Crippen LogP contribution in [0.25, 0.3) is 20.9 Å². The van der Waals surface area contributed by atoms with E-state index >= 15 is 0 Å². The summed E-state index contributed by atoms with van der Waals surface area (Å²) in [6.45, 7) is 2.11. The first-order valence-corrected chi connectivity index (χ1v) is 14.5. The van der Waals surface area contributed by atoms with Gasteiger partial charge in [0.05, 0.1) is 42.8 Å². The predicted molar refractivity (Wildman–Crippen MR) is 135 cm³/mol. The third-order valence-electron chi connectivity index (χ3n) is 7.19. The fourth-order valence-corrected chi connectivity index (χ4v) is 5.99. The third-order valence-corrected chi connectivity index (χ3v) is 7.92. The summed E-state index contributed by atoms with van der Waals surface area (Å²) in [4.78, 5) is 5.36. The van der Waals surface area contributed by atoms with Crippen LogP contribution in [0.5, 0.6) is 0 Å². The Morgan fingerprint density at radius 2 is 1.71 bits per heavy atom. The van der Waals surface area contributed by atoms with Crippen molar-refractivity contribution >= 4 is 10.0 Å². The van der Waals surface area contributed by atoms with Crippen LogP contribution in [0, 0.1) is 0 Å². The Kier molecular flexibility index (Phi) is 10.8. The van der Waals surface area contributed by atoms with Gasteiger partial charge in [0.15, 0.2) is 6.29 Å². The number of hydrogen-bond donors (Lipinski definition) is 8. The first-order chi connectivity index (χ1) is 19.0. The summed E-state index contributed by atoms with van der Waals surface area (Å²) in [5.74, 6) is -2.52. The van der Waals surface area contributed by atoms with Crippen LogP contribution in [0.3, 0.4) is 0 Å². The number of nitrogens with one attached hydrogen (secondary N) is 1. The molecule has 41 heavy (non-hydrogen) atoms. The Morgan fingerprint density at radius 3 is 2.22 bits per heavy atom. The molecule has 15 atom stereocenters. The lowest BCUT2D eigenvalue weighted by molar-refractivity contribution is -0.333. The van der Waals surface area contributed by atoms with Crippen LogP contribution in [-0.2, 0) is 29.0 Å². The van der Waals surface area contributed by atoms with Crippen molar-refractivity contribution in [2.75, 3.05) is 12.9 Å². The Labute approximate surface area is 234 Å². The molecule has 1 aliphatic carbocycles. The van der Waals surface area contributed by atoms with E-state index in [0.29, 0.717) is 0 Å². The number of sulfonamides is 1. The molecular formula is C20H36N8O12S. The summed E-state index contributed by atoms with van der Waals surface area (Å²) in [7, 11) is -3.95. The van der Waals surface area contributed by atoms with Crippen LogP contribution in [0.4, 0.5) is 0 Å². The largest absolute Gasteiger partial charge is 0.391 e. The van der Waals surface area contributed by atoms with Crippen molar-refractivity contribution in [1.29, 1.82) is 0 Å². The van der Waals surface area contributed by atoms with Crippen LogP contribution in [0.1, 0.15) is 20.3 Å². The van der Waals surface area contributed by atoms with Crippen LogP contribution in [0.15, 0.2) is 10.2 Å². The molecule has 0 spiro atoms. The number of hydrogen-bond acceptors (Lipinski definition) is 15. The second kappa shape index (κ2) is 13.2. The lowest BCUT2D eigenvalue weighted by Gasteiger charge is -2.48. The molecule has 20 nitrogen and oxygen atoms in total. The van der Waals surface area contributed by atoms with E-state index in [0.717, 1.165) is 6.26 Å². The summed E-state index contributed by atoms with van der Waals surface area (Å²) in [6, 6.07) is -5.11. The molecule has 3 fully saturated rings. The highest BCUT2D eigenvalue weighted by Crippen LogP contribution is 2.37. The predicted octanol–water partition coefficient (Wildman–Crippen LogP) is -3.58. The molecule has 234 valence electrons. The van der Waals surface area contributed by atoms with Gasteiger partial charge in [-0.2, -0.15) is 0 Å². The van der Waals surface area contributed by atoms with E-state index in [4.69, 9.17) is 30.2 Å². The highest BCUT2D eigenvalue weighted by atomic mass is 32.2. The smallest absolute Gasteiger partial charge is 0.219 e. The minimum atomic E-state index is -3.95. The Bertz CT molecular complexity index is 1120. The standard InChI is InChI=1S/C20H36N8O12S/c1-6(21)14-18(33)20(34,5-37-14)40-17-11(30)8(26-41(3,35)36)4-9(24-27-22)16(17)39-19-10(25-28-23)12(31)13(32)15(38-19)7(2)29/h6-19,26,29-34H,4-5,21H2,1-3H3/t6-,7+,8+,9?,10?,11?,12?,13-,14+,15?,16+,17?,18?,19+,20+/m0/s1. The minimum absolute atomic E-state index is 0.368. The first kappa shape index (κ1) is 33.6. The van der Waals surface area contributed by atoms with Gasteiger partial charge in [0.25, 0.3) is 0 Å². The van der Waals surface area contributed by atoms with Crippen molar-refractivity contribution in [3.63, 3.8) is 0 Å². The summed E-state index contributed by atoms with van der Waals surface area (Å²) >= 11 is 0. The molecule has 0 amide bonds. The Hall–Kier alpha value is -1.91. The third kappa shape index (κ3) is 7.36. The zero-order valence-corrected chi connectivity index (χ0v) is 23.1. The van der Waals surface area contributed by atoms with Crippen molar-refractivity contribution in [2.45, 2.75) is 111 Å². The van der Waals surface area contributed by atoms with Crippen molar-refractivity contribution in [2.24, 2.45) is 16.0 Å². The lowest BCUT2D eigenvalue weighted by atomic mass is 9.83. The molecule has 3 aliphatic rings. The van der Waals surface area contributed by atoms with E-state index in [2.05, 4.69) is 24.8 Å². The molecule has 7 unspecified atom stereocenters. The first-order valence-electron chi connectivity index (χ1n) is 12.6. The van der Waals surface area contributed by atoms with E-state index in [1.807, 2.05) is 0 Å². The van der Waals surface area contributed by atoms with E-state index < -0.39 is 108 Å². The van der Waals surface area contributed by atoms with Crippen LogP contribution >= 0.6 is 0 Å². The van der Waals surface area contributed by atoms with Crippen LogP contribution < -0.4 is 10.5 Å². The van der Waals surface area contributed by atoms with Crippen molar-refractivity contribution < 1.29 is 58.0 Å². The molecule has 0 bridgehead atoms. The van der Waals surface area contributed by atoms with Gasteiger partial charge in [-0.05, 0) is 31.3 Å². The zero-order chi connectivity index (χ0) is 30.9. The van der Waals surface area contributed by atoms with Crippen molar-refractivity contribution in [1.82, 2.24) is 4.72 Å². The minimum Gasteiger partial charge on any atom is -0.391 e. The van der Waals surface area contributed by atoms with Crippen LogP contribution in [0.2, 0.25) is 0 Å². The summed E-state index contributed by atoms with van der Waals surface area (Å²) in [5.41, 5.74) is 24.1. The number of azide groups is 2. The highest BCUT2D eigenvalue weighted by Gasteiger charge is 2.57. The van der Waals surface area contributed by atoms with Gasteiger partial charge in [0.2, 0.25) is 15.8 Å². The second-order valence-corrected chi connectivity index (χ2v) is 12.3. The van der Waals surface area contributed by atoms with Crippen molar-refractivity contribution in [3.8, 4) is 0 Å². The van der Waals surface area contributed by atoms with Gasteiger partial charge >= 0.3 is 0 Å². The topological polar surface area (TPSA) is 328 Å². The number of aliphatic hydroxyl groups excluding tert-OH is 5. The maximum atomic E-state index is 12.0. The van der Waals surface area contributed by atoms with Crippen LogP contribution in [-0.4, -0.2) is 143 Å². The van der Waals surface area contributed by atoms with Gasteiger partial charge < -0.3 is 55.3 Å². The second-order valence-electron chi connectivity index (χ2n) is 10.5. The van der Waals surface area contributed by atoms with E-state index in [1.54, 1.807) is 0 Å². The quantitative estimate of drug-likeness (QED) is 0.0512. The number of ether oxygens (including phenoxy) is 4. The van der Waals surface area contributed by atoms with Gasteiger partial charge in [0, 0.05) is 15.9 Å². The van der Waals surface area contributed by atoms with E-state index in [9.17, 15) is 44.6 Å². The van der Waals surface area contributed by atoms with E-state index in [1.165, 1.54) is 13.8 Å². The Balaban J connectivity index is 2.05.